The van der Waals surface area contributed by atoms with Crippen molar-refractivity contribution in [1.29, 1.82) is 0 Å². The number of carbonyl (C=O) groups excluding carboxylic acids is 1. The van der Waals surface area contributed by atoms with E-state index in [0.717, 1.165) is 30.9 Å². The molecule has 2 aromatic carbocycles. The Hall–Kier alpha value is -2.53. The largest absolute Gasteiger partial charge is 0.489 e. The molecular formula is C26H36N2O3. The molecule has 1 aliphatic heterocycles. The van der Waals surface area contributed by atoms with Crippen LogP contribution in [0.15, 0.2) is 48.5 Å². The molecule has 0 atom stereocenters. The van der Waals surface area contributed by atoms with Gasteiger partial charge in [-0.3, -0.25) is 4.90 Å². The second kappa shape index (κ2) is 10.2. The molecule has 0 saturated carbocycles. The number of ether oxygens (including phenoxy) is 2. The summed E-state index contributed by atoms with van der Waals surface area (Å²) in [5.74, 6) is 1.43. The Morgan fingerprint density at radius 3 is 2.03 bits per heavy atom. The van der Waals surface area contributed by atoms with Crippen molar-refractivity contribution < 1.29 is 14.3 Å². The minimum atomic E-state index is -0.447. The molecule has 1 fully saturated rings. The zero-order valence-electron chi connectivity index (χ0n) is 19.6. The maximum absolute atomic E-state index is 12.2. The molecule has 1 amide bonds. The monoisotopic (exact) mass is 424 g/mol. The molecule has 5 heteroatoms. The fourth-order valence-corrected chi connectivity index (χ4v) is 3.53. The average Bonchev–Trinajstić information content (AvgIpc) is 2.73. The lowest BCUT2D eigenvalue weighted by atomic mass is 10.0. The van der Waals surface area contributed by atoms with Crippen LogP contribution >= 0.6 is 0 Å². The Kier molecular flexibility index (Phi) is 7.60. The summed E-state index contributed by atoms with van der Waals surface area (Å²) in [5.41, 5.74) is 3.31. The number of amides is 1. The van der Waals surface area contributed by atoms with Gasteiger partial charge in [-0.1, -0.05) is 50.2 Å². The summed E-state index contributed by atoms with van der Waals surface area (Å²) in [7, 11) is 0. The second-order valence-corrected chi connectivity index (χ2v) is 9.57. The molecule has 0 unspecified atom stereocenters. The number of hydrogen-bond donors (Lipinski definition) is 0. The van der Waals surface area contributed by atoms with Crippen LogP contribution in [0.3, 0.4) is 0 Å². The lowest BCUT2D eigenvalue weighted by Gasteiger charge is -2.35. The van der Waals surface area contributed by atoms with E-state index in [-0.39, 0.29) is 6.09 Å². The molecule has 0 aromatic heterocycles. The SMILES string of the molecule is CC(C)c1ccc(OCc2ccc(CN3CCN(C(=O)OC(C)(C)C)CC3)cc2)cc1. The molecule has 1 saturated heterocycles. The Bertz CT molecular complexity index is 830. The van der Waals surface area contributed by atoms with Crippen LogP contribution in [0.4, 0.5) is 4.79 Å². The molecule has 0 radical (unpaired) electrons. The van der Waals surface area contributed by atoms with Crippen LogP contribution in [-0.2, 0) is 17.9 Å². The fourth-order valence-electron chi connectivity index (χ4n) is 3.53. The minimum absolute atomic E-state index is 0.213. The molecule has 2 aromatic rings. The number of piperazine rings is 1. The molecule has 168 valence electrons. The van der Waals surface area contributed by atoms with E-state index in [2.05, 4.69) is 55.1 Å². The van der Waals surface area contributed by atoms with Crippen molar-refractivity contribution in [3.63, 3.8) is 0 Å². The van der Waals surface area contributed by atoms with Gasteiger partial charge in [0.15, 0.2) is 0 Å². The fraction of sp³-hybridized carbons (Fsp3) is 0.500. The number of rotatable bonds is 6. The first-order valence-electron chi connectivity index (χ1n) is 11.2. The summed E-state index contributed by atoms with van der Waals surface area (Å²) < 4.78 is 11.4. The third-order valence-corrected chi connectivity index (χ3v) is 5.41. The van der Waals surface area contributed by atoms with Crippen molar-refractivity contribution in [3.8, 4) is 5.75 Å². The highest BCUT2D eigenvalue weighted by atomic mass is 16.6. The number of nitrogens with zero attached hydrogens (tertiary/aromatic N) is 2. The van der Waals surface area contributed by atoms with E-state index in [9.17, 15) is 4.79 Å². The summed E-state index contributed by atoms with van der Waals surface area (Å²) in [6.45, 7) is 14.7. The molecule has 0 bridgehead atoms. The molecule has 1 heterocycles. The first-order chi connectivity index (χ1) is 14.7. The van der Waals surface area contributed by atoms with Gasteiger partial charge < -0.3 is 14.4 Å². The first kappa shape index (κ1) is 23.1. The number of carbonyl (C=O) groups is 1. The minimum Gasteiger partial charge on any atom is -0.489 e. The summed E-state index contributed by atoms with van der Waals surface area (Å²) in [6, 6.07) is 16.9. The van der Waals surface area contributed by atoms with Crippen molar-refractivity contribution >= 4 is 6.09 Å². The molecule has 3 rings (SSSR count). The van der Waals surface area contributed by atoms with Gasteiger partial charge in [0.25, 0.3) is 0 Å². The van der Waals surface area contributed by atoms with Gasteiger partial charge in [-0.25, -0.2) is 4.79 Å². The molecule has 0 aliphatic carbocycles. The Morgan fingerprint density at radius 2 is 1.48 bits per heavy atom. The predicted octanol–water partition coefficient (Wildman–Crippen LogP) is 5.44. The molecular weight excluding hydrogens is 388 g/mol. The van der Waals surface area contributed by atoms with Crippen LogP contribution in [0.5, 0.6) is 5.75 Å². The van der Waals surface area contributed by atoms with Crippen molar-refractivity contribution in [1.82, 2.24) is 9.80 Å². The number of hydrogen-bond acceptors (Lipinski definition) is 4. The van der Waals surface area contributed by atoms with E-state index in [4.69, 9.17) is 9.47 Å². The van der Waals surface area contributed by atoms with Gasteiger partial charge in [-0.2, -0.15) is 0 Å². The highest BCUT2D eigenvalue weighted by molar-refractivity contribution is 5.68. The van der Waals surface area contributed by atoms with E-state index in [1.807, 2.05) is 32.9 Å². The van der Waals surface area contributed by atoms with Gasteiger partial charge in [0.1, 0.15) is 18.0 Å². The Balaban J connectivity index is 1.43. The van der Waals surface area contributed by atoms with Gasteiger partial charge in [-0.05, 0) is 55.5 Å². The zero-order chi connectivity index (χ0) is 22.4. The van der Waals surface area contributed by atoms with E-state index in [1.165, 1.54) is 11.1 Å². The van der Waals surface area contributed by atoms with Crippen molar-refractivity contribution in [2.75, 3.05) is 26.2 Å². The van der Waals surface area contributed by atoms with Gasteiger partial charge in [-0.15, -0.1) is 0 Å². The molecule has 0 N–H and O–H groups in total. The highest BCUT2D eigenvalue weighted by Gasteiger charge is 2.25. The smallest absolute Gasteiger partial charge is 0.410 e. The van der Waals surface area contributed by atoms with Crippen LogP contribution in [-0.4, -0.2) is 47.7 Å². The average molecular weight is 425 g/mol. The third kappa shape index (κ3) is 7.28. The summed E-state index contributed by atoms with van der Waals surface area (Å²) in [4.78, 5) is 16.4. The quantitative estimate of drug-likeness (QED) is 0.619. The Morgan fingerprint density at radius 1 is 0.903 bits per heavy atom. The first-order valence-corrected chi connectivity index (χ1v) is 11.2. The lowest BCUT2D eigenvalue weighted by molar-refractivity contribution is 0.0139. The van der Waals surface area contributed by atoms with Crippen molar-refractivity contribution in [2.24, 2.45) is 0 Å². The van der Waals surface area contributed by atoms with E-state index < -0.39 is 5.60 Å². The van der Waals surface area contributed by atoms with Gasteiger partial charge in [0.2, 0.25) is 0 Å². The summed E-state index contributed by atoms with van der Waals surface area (Å²) >= 11 is 0. The van der Waals surface area contributed by atoms with E-state index >= 15 is 0 Å². The molecule has 31 heavy (non-hydrogen) atoms. The second-order valence-electron chi connectivity index (χ2n) is 9.57. The predicted molar refractivity (Wildman–Crippen MR) is 124 cm³/mol. The summed E-state index contributed by atoms with van der Waals surface area (Å²) in [5, 5.41) is 0. The van der Waals surface area contributed by atoms with Gasteiger partial charge in [0, 0.05) is 32.7 Å². The van der Waals surface area contributed by atoms with Gasteiger partial charge >= 0.3 is 6.09 Å². The van der Waals surface area contributed by atoms with Crippen LogP contribution in [0, 0.1) is 0 Å². The lowest BCUT2D eigenvalue weighted by Crippen LogP contribution is -2.49. The maximum Gasteiger partial charge on any atom is 0.410 e. The van der Waals surface area contributed by atoms with Crippen LogP contribution in [0.25, 0.3) is 0 Å². The van der Waals surface area contributed by atoms with Crippen molar-refractivity contribution in [2.45, 2.75) is 59.3 Å². The highest BCUT2D eigenvalue weighted by Crippen LogP contribution is 2.20. The zero-order valence-corrected chi connectivity index (χ0v) is 19.6. The van der Waals surface area contributed by atoms with Gasteiger partial charge in [0.05, 0.1) is 0 Å². The van der Waals surface area contributed by atoms with E-state index in [1.54, 1.807) is 4.90 Å². The van der Waals surface area contributed by atoms with Crippen molar-refractivity contribution in [3.05, 3.63) is 65.2 Å². The van der Waals surface area contributed by atoms with Crippen LogP contribution in [0.1, 0.15) is 57.2 Å². The number of benzene rings is 2. The standard InChI is InChI=1S/C26H36N2O3/c1-20(2)23-10-12-24(13-11-23)30-19-22-8-6-21(7-9-22)18-27-14-16-28(17-15-27)25(29)31-26(3,4)5/h6-13,20H,14-19H2,1-5H3. The third-order valence-electron chi connectivity index (χ3n) is 5.41. The van der Waals surface area contributed by atoms with Crippen LogP contribution < -0.4 is 4.74 Å². The van der Waals surface area contributed by atoms with Crippen LogP contribution in [0.2, 0.25) is 0 Å². The molecule has 1 aliphatic rings. The normalized spacial score (nSPS) is 15.2. The topological polar surface area (TPSA) is 42.0 Å². The van der Waals surface area contributed by atoms with E-state index in [0.29, 0.717) is 25.6 Å². The molecule has 5 nitrogen and oxygen atoms in total. The maximum atomic E-state index is 12.2. The Labute approximate surface area is 187 Å². The summed E-state index contributed by atoms with van der Waals surface area (Å²) in [6.07, 6.45) is -0.213. The molecule has 0 spiro atoms.